The van der Waals surface area contributed by atoms with Crippen molar-refractivity contribution in [3.63, 3.8) is 0 Å². The molecule has 2 unspecified atom stereocenters. The highest BCUT2D eigenvalue weighted by atomic mass is 32.2. The Balaban J connectivity index is 2.17. The van der Waals surface area contributed by atoms with Crippen molar-refractivity contribution in [3.05, 3.63) is 48.2 Å². The first-order valence-corrected chi connectivity index (χ1v) is 10.0. The van der Waals surface area contributed by atoms with E-state index >= 15 is 0 Å². The molecular formula is C21H28N2O3S. The third kappa shape index (κ3) is 6.86. The summed E-state index contributed by atoms with van der Waals surface area (Å²) >= 11 is 1.64. The van der Waals surface area contributed by atoms with Crippen LogP contribution in [0.15, 0.2) is 47.5 Å². The molecule has 0 N–H and O–H groups in total. The number of hydrogen-bond acceptors (Lipinski definition) is 6. The van der Waals surface area contributed by atoms with E-state index in [1.54, 1.807) is 18.8 Å². The molecule has 146 valence electrons. The highest BCUT2D eigenvalue weighted by Crippen LogP contribution is 2.30. The quantitative estimate of drug-likeness (QED) is 0.375. The van der Waals surface area contributed by atoms with Crippen molar-refractivity contribution >= 4 is 22.8 Å². The number of carbonyl (C=O) groups is 1. The van der Waals surface area contributed by atoms with E-state index in [1.165, 1.54) is 7.11 Å². The van der Waals surface area contributed by atoms with Crippen molar-refractivity contribution in [2.24, 2.45) is 10.9 Å². The number of allylic oxidation sites excluding steroid dienone is 3. The van der Waals surface area contributed by atoms with Crippen molar-refractivity contribution < 1.29 is 14.3 Å². The molecule has 1 aromatic rings. The number of rotatable bonds is 8. The minimum atomic E-state index is -0.280. The van der Waals surface area contributed by atoms with Gasteiger partial charge in [0.2, 0.25) is 5.88 Å². The Morgan fingerprint density at radius 3 is 2.81 bits per heavy atom. The van der Waals surface area contributed by atoms with Gasteiger partial charge in [0.05, 0.1) is 36.8 Å². The fraction of sp³-hybridized carbons (Fsp3) is 0.476. The van der Waals surface area contributed by atoms with Gasteiger partial charge in [0.25, 0.3) is 0 Å². The molecule has 1 heterocycles. The summed E-state index contributed by atoms with van der Waals surface area (Å²) in [6.45, 7) is 4.78. The first-order chi connectivity index (χ1) is 13.0. The van der Waals surface area contributed by atoms with Crippen LogP contribution in [0, 0.1) is 5.92 Å². The van der Waals surface area contributed by atoms with Crippen LogP contribution in [-0.4, -0.2) is 42.0 Å². The zero-order valence-electron chi connectivity index (χ0n) is 16.4. The van der Waals surface area contributed by atoms with E-state index in [1.807, 2.05) is 30.4 Å². The molecule has 0 aliphatic heterocycles. The van der Waals surface area contributed by atoms with E-state index in [0.29, 0.717) is 23.7 Å². The smallest absolute Gasteiger partial charge is 0.306 e. The molecule has 0 saturated carbocycles. The normalized spacial score (nSPS) is 17.8. The molecule has 5 nitrogen and oxygen atoms in total. The third-order valence-electron chi connectivity index (χ3n) is 4.09. The predicted octanol–water partition coefficient (Wildman–Crippen LogP) is 4.41. The summed E-state index contributed by atoms with van der Waals surface area (Å²) in [5.41, 5.74) is 0.769. The molecule has 1 aliphatic carbocycles. The minimum absolute atomic E-state index is 0.204. The first kappa shape index (κ1) is 21.2. The van der Waals surface area contributed by atoms with Gasteiger partial charge in [0.1, 0.15) is 0 Å². The summed E-state index contributed by atoms with van der Waals surface area (Å²) in [5, 5.41) is 1.23. The van der Waals surface area contributed by atoms with Crippen molar-refractivity contribution in [1.82, 2.24) is 4.98 Å². The molecule has 0 spiro atoms. The van der Waals surface area contributed by atoms with Crippen LogP contribution in [0.1, 0.15) is 38.3 Å². The second kappa shape index (κ2) is 10.9. The SMILES string of the molecule is CN=C(SC(C)C)C(CC(=O)OC)c1cccc(OCC2C=CC=CC2)n1. The maximum Gasteiger partial charge on any atom is 0.306 e. The number of esters is 1. The number of hydrogen-bond donors (Lipinski definition) is 0. The molecule has 1 aromatic heterocycles. The summed E-state index contributed by atoms with van der Waals surface area (Å²) in [6, 6.07) is 5.67. The van der Waals surface area contributed by atoms with Gasteiger partial charge in [0.15, 0.2) is 0 Å². The van der Waals surface area contributed by atoms with E-state index in [4.69, 9.17) is 9.47 Å². The van der Waals surface area contributed by atoms with Crippen LogP contribution < -0.4 is 4.74 Å². The van der Waals surface area contributed by atoms with Crippen molar-refractivity contribution in [1.29, 1.82) is 0 Å². The Hall–Kier alpha value is -2.08. The highest BCUT2D eigenvalue weighted by molar-refractivity contribution is 8.14. The van der Waals surface area contributed by atoms with Crippen LogP contribution in [0.2, 0.25) is 0 Å². The number of methoxy groups -OCH3 is 1. The average molecular weight is 389 g/mol. The second-order valence-electron chi connectivity index (χ2n) is 6.58. The van der Waals surface area contributed by atoms with Gasteiger partial charge in [-0.05, 0) is 12.5 Å². The maximum atomic E-state index is 12.0. The van der Waals surface area contributed by atoms with E-state index < -0.39 is 0 Å². The Morgan fingerprint density at radius 2 is 2.19 bits per heavy atom. The largest absolute Gasteiger partial charge is 0.477 e. The zero-order chi connectivity index (χ0) is 19.6. The van der Waals surface area contributed by atoms with Crippen molar-refractivity contribution in [2.75, 3.05) is 20.8 Å². The summed E-state index contributed by atoms with van der Waals surface area (Å²) in [4.78, 5) is 21.0. The Labute approximate surface area is 166 Å². The van der Waals surface area contributed by atoms with Crippen LogP contribution in [-0.2, 0) is 9.53 Å². The minimum Gasteiger partial charge on any atom is -0.477 e. The number of pyridine rings is 1. The average Bonchev–Trinajstić information content (AvgIpc) is 2.69. The summed E-state index contributed by atoms with van der Waals surface area (Å²) in [5.74, 6) is 0.402. The topological polar surface area (TPSA) is 60.8 Å². The van der Waals surface area contributed by atoms with Gasteiger partial charge in [-0.1, -0.05) is 44.2 Å². The molecule has 2 atom stereocenters. The number of aliphatic imine (C=N–C) groups is 1. The highest BCUT2D eigenvalue weighted by Gasteiger charge is 2.25. The van der Waals surface area contributed by atoms with E-state index in [-0.39, 0.29) is 18.3 Å². The van der Waals surface area contributed by atoms with E-state index in [0.717, 1.165) is 17.2 Å². The second-order valence-corrected chi connectivity index (χ2v) is 8.18. The third-order valence-corrected chi connectivity index (χ3v) is 5.27. The summed E-state index contributed by atoms with van der Waals surface area (Å²) in [6.07, 6.45) is 9.54. The summed E-state index contributed by atoms with van der Waals surface area (Å²) < 4.78 is 10.8. The van der Waals surface area contributed by atoms with Gasteiger partial charge in [-0.15, -0.1) is 11.8 Å². The number of ether oxygens (including phenoxy) is 2. The number of thioether (sulfide) groups is 1. The van der Waals surface area contributed by atoms with Gasteiger partial charge >= 0.3 is 5.97 Å². The van der Waals surface area contributed by atoms with Crippen LogP contribution >= 0.6 is 11.8 Å². The molecule has 6 heteroatoms. The lowest BCUT2D eigenvalue weighted by atomic mass is 10.0. The number of carbonyl (C=O) groups excluding carboxylic acids is 1. The number of aromatic nitrogens is 1. The van der Waals surface area contributed by atoms with Gasteiger partial charge in [0, 0.05) is 24.3 Å². The van der Waals surface area contributed by atoms with Gasteiger partial charge in [-0.2, -0.15) is 0 Å². The number of nitrogens with zero attached hydrogens (tertiary/aromatic N) is 2. The Kier molecular flexibility index (Phi) is 8.58. The van der Waals surface area contributed by atoms with Crippen LogP contribution in [0.3, 0.4) is 0 Å². The maximum absolute atomic E-state index is 12.0. The van der Waals surface area contributed by atoms with Crippen LogP contribution in [0.5, 0.6) is 5.88 Å². The molecule has 27 heavy (non-hydrogen) atoms. The zero-order valence-corrected chi connectivity index (χ0v) is 17.2. The molecule has 2 rings (SSSR count). The molecule has 1 aliphatic rings. The monoisotopic (exact) mass is 388 g/mol. The van der Waals surface area contributed by atoms with Crippen molar-refractivity contribution in [3.8, 4) is 5.88 Å². The lowest BCUT2D eigenvalue weighted by molar-refractivity contribution is -0.140. The first-order valence-electron chi connectivity index (χ1n) is 9.16. The van der Waals surface area contributed by atoms with Crippen molar-refractivity contribution in [2.45, 2.75) is 37.9 Å². The Bertz CT molecular complexity index is 713. The van der Waals surface area contributed by atoms with Gasteiger partial charge in [-0.25, -0.2) is 4.98 Å². The lowest BCUT2D eigenvalue weighted by Gasteiger charge is -2.20. The molecule has 0 fully saturated rings. The lowest BCUT2D eigenvalue weighted by Crippen LogP contribution is -2.19. The predicted molar refractivity (Wildman–Crippen MR) is 112 cm³/mol. The molecular weight excluding hydrogens is 360 g/mol. The molecule has 0 aromatic carbocycles. The Morgan fingerprint density at radius 1 is 1.37 bits per heavy atom. The summed E-state index contributed by atoms with van der Waals surface area (Å²) in [7, 11) is 3.15. The van der Waals surface area contributed by atoms with E-state index in [2.05, 4.69) is 36.0 Å². The van der Waals surface area contributed by atoms with Crippen LogP contribution in [0.4, 0.5) is 0 Å². The molecule has 0 saturated heterocycles. The fourth-order valence-electron chi connectivity index (χ4n) is 2.75. The molecule has 0 bridgehead atoms. The fourth-order valence-corrected chi connectivity index (χ4v) is 3.71. The van der Waals surface area contributed by atoms with Crippen LogP contribution in [0.25, 0.3) is 0 Å². The van der Waals surface area contributed by atoms with Gasteiger partial charge < -0.3 is 9.47 Å². The van der Waals surface area contributed by atoms with Gasteiger partial charge in [-0.3, -0.25) is 9.79 Å². The van der Waals surface area contributed by atoms with E-state index in [9.17, 15) is 4.79 Å². The molecule has 0 amide bonds. The molecule has 0 radical (unpaired) electrons. The standard InChI is InChI=1S/C21H28N2O3S/c1-15(2)27-21(22-3)17(13-20(24)25-4)18-11-8-12-19(23-18)26-14-16-9-6-5-7-10-16/h5-9,11-12,15-17H,10,13-14H2,1-4H3.